The Morgan fingerprint density at radius 3 is 2.45 bits per heavy atom. The van der Waals surface area contributed by atoms with E-state index in [0.29, 0.717) is 0 Å². The van der Waals surface area contributed by atoms with E-state index in [1.807, 2.05) is 13.0 Å². The maximum atomic E-state index is 9.24. The lowest BCUT2D eigenvalue weighted by atomic mass is 9.99. The van der Waals surface area contributed by atoms with E-state index in [0.717, 1.165) is 19.3 Å². The molecule has 0 spiro atoms. The highest BCUT2D eigenvalue weighted by Gasteiger charge is 2.00. The third-order valence-electron chi connectivity index (χ3n) is 3.34. The van der Waals surface area contributed by atoms with Gasteiger partial charge in [-0.1, -0.05) is 66.7 Å². The molecule has 2 rings (SSSR count). The zero-order valence-corrected chi connectivity index (χ0v) is 12.0. The van der Waals surface area contributed by atoms with Crippen LogP contribution in [0.2, 0.25) is 0 Å². The molecule has 0 saturated heterocycles. The minimum absolute atomic E-state index is 0.194. The summed E-state index contributed by atoms with van der Waals surface area (Å²) in [5.41, 5.74) is 3.76. The first kappa shape index (κ1) is 14.5. The van der Waals surface area contributed by atoms with Gasteiger partial charge < -0.3 is 5.11 Å². The molecule has 1 atom stereocenters. The first-order valence-electron chi connectivity index (χ1n) is 7.26. The second-order valence-corrected chi connectivity index (χ2v) is 5.14. The zero-order valence-electron chi connectivity index (χ0n) is 12.0. The summed E-state index contributed by atoms with van der Waals surface area (Å²) in [6.45, 7) is 1.84. The summed E-state index contributed by atoms with van der Waals surface area (Å²) in [5.74, 6) is 0. The molecule has 2 aromatic carbocycles. The zero-order chi connectivity index (χ0) is 14.2. The first-order valence-corrected chi connectivity index (χ1v) is 7.26. The highest BCUT2D eigenvalue weighted by molar-refractivity contribution is 5.75. The fourth-order valence-electron chi connectivity index (χ4n) is 2.26. The fraction of sp³-hybridized carbons (Fsp3) is 0.263. The van der Waals surface area contributed by atoms with Gasteiger partial charge in [0.05, 0.1) is 6.10 Å². The quantitative estimate of drug-likeness (QED) is 0.736. The third-order valence-corrected chi connectivity index (χ3v) is 3.34. The monoisotopic (exact) mass is 266 g/mol. The molecule has 0 aromatic heterocycles. The lowest BCUT2D eigenvalue weighted by molar-refractivity contribution is 0.182. The second-order valence-electron chi connectivity index (χ2n) is 5.14. The summed E-state index contributed by atoms with van der Waals surface area (Å²) >= 11 is 0. The predicted molar refractivity (Wildman–Crippen MR) is 86.4 cm³/mol. The van der Waals surface area contributed by atoms with Crippen molar-refractivity contribution in [1.29, 1.82) is 0 Å². The van der Waals surface area contributed by atoms with Crippen LogP contribution in [0, 0.1) is 0 Å². The molecular weight excluding hydrogens is 244 g/mol. The van der Waals surface area contributed by atoms with Gasteiger partial charge in [0.2, 0.25) is 0 Å². The molecule has 0 heterocycles. The van der Waals surface area contributed by atoms with Gasteiger partial charge in [-0.15, -0.1) is 0 Å². The highest BCUT2D eigenvalue weighted by atomic mass is 16.3. The topological polar surface area (TPSA) is 20.2 Å². The average Bonchev–Trinajstić information content (AvgIpc) is 2.48. The van der Waals surface area contributed by atoms with Crippen molar-refractivity contribution in [2.45, 2.75) is 32.3 Å². The number of unbranched alkanes of at least 4 members (excludes halogenated alkanes) is 1. The summed E-state index contributed by atoms with van der Waals surface area (Å²) in [6, 6.07) is 18.9. The van der Waals surface area contributed by atoms with Crippen molar-refractivity contribution in [3.05, 3.63) is 66.2 Å². The summed E-state index contributed by atoms with van der Waals surface area (Å²) in [7, 11) is 0. The van der Waals surface area contributed by atoms with Crippen LogP contribution in [0.1, 0.15) is 31.7 Å². The Balaban J connectivity index is 2.07. The van der Waals surface area contributed by atoms with Crippen molar-refractivity contribution in [2.24, 2.45) is 0 Å². The van der Waals surface area contributed by atoms with E-state index >= 15 is 0 Å². The van der Waals surface area contributed by atoms with E-state index < -0.39 is 0 Å². The molecular formula is C19H22O. The fourth-order valence-corrected chi connectivity index (χ4v) is 2.26. The van der Waals surface area contributed by atoms with E-state index in [1.54, 1.807) is 0 Å². The molecule has 0 radical (unpaired) electrons. The van der Waals surface area contributed by atoms with Gasteiger partial charge in [0.1, 0.15) is 0 Å². The van der Waals surface area contributed by atoms with E-state index in [9.17, 15) is 5.11 Å². The molecule has 1 unspecified atom stereocenters. The van der Waals surface area contributed by atoms with Crippen molar-refractivity contribution in [3.63, 3.8) is 0 Å². The first-order chi connectivity index (χ1) is 9.77. The normalized spacial score (nSPS) is 12.7. The number of benzene rings is 2. The van der Waals surface area contributed by atoms with E-state index in [1.165, 1.54) is 16.7 Å². The Morgan fingerprint density at radius 2 is 1.70 bits per heavy atom. The maximum absolute atomic E-state index is 9.24. The summed E-state index contributed by atoms with van der Waals surface area (Å²) in [4.78, 5) is 0. The van der Waals surface area contributed by atoms with Crippen molar-refractivity contribution >= 4 is 6.08 Å². The number of rotatable bonds is 6. The molecule has 1 N–H and O–H groups in total. The molecule has 0 aliphatic heterocycles. The van der Waals surface area contributed by atoms with Crippen molar-refractivity contribution in [2.75, 3.05) is 0 Å². The van der Waals surface area contributed by atoms with Crippen LogP contribution in [-0.2, 0) is 0 Å². The van der Waals surface area contributed by atoms with Crippen LogP contribution in [0.3, 0.4) is 0 Å². The molecule has 0 bridgehead atoms. The molecule has 0 saturated carbocycles. The SMILES string of the molecule is CC(O)CCCC=Cc1ccccc1-c1ccccc1. The third kappa shape index (κ3) is 4.36. The average molecular weight is 266 g/mol. The van der Waals surface area contributed by atoms with Crippen molar-refractivity contribution < 1.29 is 5.11 Å². The van der Waals surface area contributed by atoms with Gasteiger partial charge in [0.15, 0.2) is 0 Å². The molecule has 1 heteroatoms. The summed E-state index contributed by atoms with van der Waals surface area (Å²) in [6.07, 6.45) is 7.09. The number of aliphatic hydroxyl groups excluding tert-OH is 1. The Bertz CT molecular complexity index is 541. The molecule has 0 aliphatic carbocycles. The highest BCUT2D eigenvalue weighted by Crippen LogP contribution is 2.24. The minimum Gasteiger partial charge on any atom is -0.393 e. The Morgan fingerprint density at radius 1 is 1.00 bits per heavy atom. The van der Waals surface area contributed by atoms with Gasteiger partial charge >= 0.3 is 0 Å². The number of allylic oxidation sites excluding steroid dienone is 1. The Kier molecular flexibility index (Phi) is 5.57. The van der Waals surface area contributed by atoms with Gasteiger partial charge in [-0.25, -0.2) is 0 Å². The molecule has 20 heavy (non-hydrogen) atoms. The molecule has 104 valence electrons. The van der Waals surface area contributed by atoms with Crippen LogP contribution in [0.15, 0.2) is 60.7 Å². The van der Waals surface area contributed by atoms with E-state index in [2.05, 4.69) is 60.7 Å². The molecule has 0 aliphatic rings. The Labute approximate surface area is 121 Å². The van der Waals surface area contributed by atoms with E-state index in [4.69, 9.17) is 0 Å². The second kappa shape index (κ2) is 7.66. The Hall–Kier alpha value is -1.86. The van der Waals surface area contributed by atoms with Crippen LogP contribution in [-0.4, -0.2) is 11.2 Å². The largest absolute Gasteiger partial charge is 0.393 e. The molecule has 1 nitrogen and oxygen atoms in total. The smallest absolute Gasteiger partial charge is 0.0512 e. The van der Waals surface area contributed by atoms with E-state index in [-0.39, 0.29) is 6.10 Å². The number of hydrogen-bond acceptors (Lipinski definition) is 1. The standard InChI is InChI=1S/C19H22O/c1-16(20)10-4-2-5-11-18-14-8-9-15-19(18)17-12-6-3-7-13-17/h3,5-9,11-16,20H,2,4,10H2,1H3. The minimum atomic E-state index is -0.194. The lowest BCUT2D eigenvalue weighted by Crippen LogP contribution is -1.97. The van der Waals surface area contributed by atoms with Crippen LogP contribution < -0.4 is 0 Å². The lowest BCUT2D eigenvalue weighted by Gasteiger charge is -2.06. The number of aliphatic hydroxyl groups is 1. The van der Waals surface area contributed by atoms with Gasteiger partial charge in [-0.3, -0.25) is 0 Å². The van der Waals surface area contributed by atoms with Crippen molar-refractivity contribution in [3.8, 4) is 11.1 Å². The molecule has 0 amide bonds. The summed E-state index contributed by atoms with van der Waals surface area (Å²) in [5, 5.41) is 9.24. The summed E-state index contributed by atoms with van der Waals surface area (Å²) < 4.78 is 0. The van der Waals surface area contributed by atoms with Crippen LogP contribution in [0.4, 0.5) is 0 Å². The van der Waals surface area contributed by atoms with Gasteiger partial charge in [0.25, 0.3) is 0 Å². The van der Waals surface area contributed by atoms with Gasteiger partial charge in [-0.2, -0.15) is 0 Å². The molecule has 0 fully saturated rings. The van der Waals surface area contributed by atoms with Crippen LogP contribution in [0.5, 0.6) is 0 Å². The van der Waals surface area contributed by atoms with Crippen LogP contribution >= 0.6 is 0 Å². The van der Waals surface area contributed by atoms with Crippen LogP contribution in [0.25, 0.3) is 17.2 Å². The maximum Gasteiger partial charge on any atom is 0.0512 e. The molecule has 2 aromatic rings. The van der Waals surface area contributed by atoms with Gasteiger partial charge in [-0.05, 0) is 42.9 Å². The van der Waals surface area contributed by atoms with Gasteiger partial charge in [0, 0.05) is 0 Å². The number of hydrogen-bond donors (Lipinski definition) is 1. The predicted octanol–water partition coefficient (Wildman–Crippen LogP) is 4.92. The van der Waals surface area contributed by atoms with Crippen molar-refractivity contribution in [1.82, 2.24) is 0 Å².